The minimum Gasteiger partial charge on any atom is -0.394 e. The maximum Gasteiger partial charge on any atom is 0.256 e. The van der Waals surface area contributed by atoms with Gasteiger partial charge in [-0.3, -0.25) is 9.48 Å². The van der Waals surface area contributed by atoms with E-state index >= 15 is 0 Å². The van der Waals surface area contributed by atoms with Crippen molar-refractivity contribution in [2.45, 2.75) is 25.3 Å². The first kappa shape index (κ1) is 16.6. The Morgan fingerprint density at radius 1 is 1.25 bits per heavy atom. The number of hydrogen-bond acceptors (Lipinski definition) is 3. The molecule has 0 radical (unpaired) electrons. The average molecular weight is 335 g/mol. The molecule has 2 heterocycles. The molecular weight excluding hydrogens is 316 g/mol. The molecule has 0 saturated carbocycles. The summed E-state index contributed by atoms with van der Waals surface area (Å²) in [4.78, 5) is 14.0. The zero-order chi connectivity index (χ0) is 17.1. The summed E-state index contributed by atoms with van der Waals surface area (Å²) >= 11 is 0. The summed E-state index contributed by atoms with van der Waals surface area (Å²) in [5.41, 5.74) is 0.948. The molecule has 7 heteroatoms. The molecule has 1 fully saturated rings. The lowest BCUT2D eigenvalue weighted by Crippen LogP contribution is -2.38. The van der Waals surface area contributed by atoms with Crippen LogP contribution < -0.4 is 0 Å². The predicted octanol–water partition coefficient (Wildman–Crippen LogP) is 2.17. The fourth-order valence-corrected chi connectivity index (χ4v) is 3.18. The van der Waals surface area contributed by atoms with E-state index in [9.17, 15) is 13.6 Å². The van der Waals surface area contributed by atoms with Crippen LogP contribution in [0.3, 0.4) is 0 Å². The molecular formula is C17H19F2N3O2. The molecule has 128 valence electrons. The number of aliphatic hydroxyl groups is 1. The van der Waals surface area contributed by atoms with Crippen LogP contribution in [0.25, 0.3) is 0 Å². The number of aliphatic hydroxyl groups excluding tert-OH is 1. The van der Waals surface area contributed by atoms with Gasteiger partial charge in [0.05, 0.1) is 18.7 Å². The standard InChI is InChI=1S/C17H19F2N3O2/c18-13-1-2-14(15(19)11-13)17(24)21-7-4-12(5-8-21)16-3-6-20-22(16)9-10-23/h1-3,6,11-12,23H,4-5,7-10H2. The quantitative estimate of drug-likeness (QED) is 0.932. The number of piperidine rings is 1. The van der Waals surface area contributed by atoms with Gasteiger partial charge in [0.25, 0.3) is 5.91 Å². The third kappa shape index (κ3) is 3.31. The van der Waals surface area contributed by atoms with Crippen molar-refractivity contribution in [3.63, 3.8) is 0 Å². The molecule has 1 aromatic carbocycles. The van der Waals surface area contributed by atoms with Crippen molar-refractivity contribution in [2.75, 3.05) is 19.7 Å². The number of nitrogens with zero attached hydrogens (tertiary/aromatic N) is 3. The smallest absolute Gasteiger partial charge is 0.256 e. The van der Waals surface area contributed by atoms with Crippen molar-refractivity contribution < 1.29 is 18.7 Å². The van der Waals surface area contributed by atoms with Crippen molar-refractivity contribution in [3.05, 3.63) is 53.4 Å². The third-order valence-electron chi connectivity index (χ3n) is 4.42. The molecule has 1 aliphatic heterocycles. The number of aromatic nitrogens is 2. The van der Waals surface area contributed by atoms with Gasteiger partial charge in [-0.15, -0.1) is 0 Å². The van der Waals surface area contributed by atoms with Gasteiger partial charge in [-0.25, -0.2) is 8.78 Å². The second-order valence-corrected chi connectivity index (χ2v) is 5.89. The molecule has 0 spiro atoms. The molecule has 0 bridgehead atoms. The Morgan fingerprint density at radius 2 is 2.00 bits per heavy atom. The van der Waals surface area contributed by atoms with E-state index in [1.807, 2.05) is 6.07 Å². The molecule has 1 N–H and O–H groups in total. The fraction of sp³-hybridized carbons (Fsp3) is 0.412. The first-order chi connectivity index (χ1) is 11.6. The average Bonchev–Trinajstić information content (AvgIpc) is 3.03. The van der Waals surface area contributed by atoms with Crippen molar-refractivity contribution in [2.24, 2.45) is 0 Å². The number of hydrogen-bond donors (Lipinski definition) is 1. The lowest BCUT2D eigenvalue weighted by molar-refractivity contribution is 0.0706. The normalized spacial score (nSPS) is 15.7. The second-order valence-electron chi connectivity index (χ2n) is 5.89. The van der Waals surface area contributed by atoms with E-state index in [0.717, 1.165) is 30.7 Å². The zero-order valence-corrected chi connectivity index (χ0v) is 13.2. The molecule has 0 unspecified atom stereocenters. The van der Waals surface area contributed by atoms with Crippen LogP contribution in [-0.4, -0.2) is 45.4 Å². The van der Waals surface area contributed by atoms with Gasteiger partial charge in [-0.2, -0.15) is 5.10 Å². The van der Waals surface area contributed by atoms with E-state index in [-0.39, 0.29) is 18.1 Å². The maximum atomic E-state index is 13.8. The van der Waals surface area contributed by atoms with Gasteiger partial charge >= 0.3 is 0 Å². The lowest BCUT2D eigenvalue weighted by atomic mass is 9.93. The highest BCUT2D eigenvalue weighted by atomic mass is 19.1. The number of amides is 1. The van der Waals surface area contributed by atoms with Crippen LogP contribution in [0, 0.1) is 11.6 Å². The van der Waals surface area contributed by atoms with E-state index in [4.69, 9.17) is 5.11 Å². The Morgan fingerprint density at radius 3 is 2.67 bits per heavy atom. The van der Waals surface area contributed by atoms with E-state index in [1.165, 1.54) is 6.07 Å². The Kier molecular flexibility index (Phi) is 4.89. The van der Waals surface area contributed by atoms with Crippen molar-refractivity contribution >= 4 is 5.91 Å². The Balaban J connectivity index is 1.66. The van der Waals surface area contributed by atoms with Crippen LogP contribution in [0.1, 0.15) is 34.8 Å². The van der Waals surface area contributed by atoms with E-state index < -0.39 is 17.5 Å². The largest absolute Gasteiger partial charge is 0.394 e. The number of carbonyl (C=O) groups excluding carboxylic acids is 1. The van der Waals surface area contributed by atoms with E-state index in [2.05, 4.69) is 5.10 Å². The molecule has 24 heavy (non-hydrogen) atoms. The van der Waals surface area contributed by atoms with Crippen molar-refractivity contribution in [1.82, 2.24) is 14.7 Å². The first-order valence-corrected chi connectivity index (χ1v) is 7.97. The molecule has 1 amide bonds. The van der Waals surface area contributed by atoms with Crippen LogP contribution in [-0.2, 0) is 6.54 Å². The number of carbonyl (C=O) groups is 1. The third-order valence-corrected chi connectivity index (χ3v) is 4.42. The van der Waals surface area contributed by atoms with Gasteiger partial charge in [0.1, 0.15) is 11.6 Å². The summed E-state index contributed by atoms with van der Waals surface area (Å²) in [5, 5.41) is 13.3. The Bertz CT molecular complexity index is 724. The van der Waals surface area contributed by atoms with Gasteiger partial charge in [0.15, 0.2) is 0 Å². The summed E-state index contributed by atoms with van der Waals surface area (Å²) in [6, 6.07) is 4.94. The maximum absolute atomic E-state index is 13.8. The number of benzene rings is 1. The highest BCUT2D eigenvalue weighted by Crippen LogP contribution is 2.28. The minimum atomic E-state index is -0.830. The molecule has 5 nitrogen and oxygen atoms in total. The SMILES string of the molecule is O=C(c1ccc(F)cc1F)N1CCC(c2ccnn2CCO)CC1. The molecule has 2 aromatic rings. The molecule has 1 aliphatic rings. The monoisotopic (exact) mass is 335 g/mol. The summed E-state index contributed by atoms with van der Waals surface area (Å²) in [6.07, 6.45) is 3.19. The van der Waals surface area contributed by atoms with Gasteiger partial charge in [0.2, 0.25) is 0 Å². The van der Waals surface area contributed by atoms with Gasteiger partial charge in [-0.05, 0) is 31.0 Å². The second kappa shape index (κ2) is 7.09. The minimum absolute atomic E-state index is 0.0237. The van der Waals surface area contributed by atoms with E-state index in [1.54, 1.807) is 15.8 Å². The number of halogens is 2. The van der Waals surface area contributed by atoms with Crippen molar-refractivity contribution in [3.8, 4) is 0 Å². The Labute approximate surface area is 138 Å². The summed E-state index contributed by atoms with van der Waals surface area (Å²) < 4.78 is 28.5. The molecule has 1 aromatic heterocycles. The highest BCUT2D eigenvalue weighted by molar-refractivity contribution is 5.94. The van der Waals surface area contributed by atoms with Crippen LogP contribution in [0.15, 0.2) is 30.5 Å². The first-order valence-electron chi connectivity index (χ1n) is 7.97. The zero-order valence-electron chi connectivity index (χ0n) is 13.2. The highest BCUT2D eigenvalue weighted by Gasteiger charge is 2.27. The molecule has 0 aliphatic carbocycles. The number of rotatable bonds is 4. The Hall–Kier alpha value is -2.28. The van der Waals surface area contributed by atoms with Crippen LogP contribution in [0.5, 0.6) is 0 Å². The van der Waals surface area contributed by atoms with Gasteiger partial charge < -0.3 is 10.0 Å². The topological polar surface area (TPSA) is 58.4 Å². The van der Waals surface area contributed by atoms with Crippen LogP contribution in [0.2, 0.25) is 0 Å². The molecule has 1 saturated heterocycles. The summed E-state index contributed by atoms with van der Waals surface area (Å²) in [7, 11) is 0. The summed E-state index contributed by atoms with van der Waals surface area (Å²) in [5.74, 6) is -1.68. The molecule has 3 rings (SSSR count). The number of likely N-dealkylation sites (tertiary alicyclic amines) is 1. The van der Waals surface area contributed by atoms with Gasteiger partial charge in [-0.1, -0.05) is 0 Å². The van der Waals surface area contributed by atoms with Crippen molar-refractivity contribution in [1.29, 1.82) is 0 Å². The van der Waals surface area contributed by atoms with E-state index in [0.29, 0.717) is 19.6 Å². The van der Waals surface area contributed by atoms with Crippen LogP contribution in [0.4, 0.5) is 8.78 Å². The predicted molar refractivity (Wildman–Crippen MR) is 83.5 cm³/mol. The fourth-order valence-electron chi connectivity index (χ4n) is 3.18. The lowest BCUT2D eigenvalue weighted by Gasteiger charge is -2.32. The molecule has 0 atom stereocenters. The van der Waals surface area contributed by atoms with Gasteiger partial charge in [0, 0.05) is 37.0 Å². The summed E-state index contributed by atoms with van der Waals surface area (Å²) in [6.45, 7) is 1.48. The van der Waals surface area contributed by atoms with Crippen LogP contribution >= 0.6 is 0 Å².